The number of alkyl halides is 1. The van der Waals surface area contributed by atoms with Gasteiger partial charge in [0.1, 0.15) is 0 Å². The van der Waals surface area contributed by atoms with Gasteiger partial charge < -0.3 is 0 Å². The van der Waals surface area contributed by atoms with Crippen LogP contribution in [0.1, 0.15) is 13.3 Å². The summed E-state index contributed by atoms with van der Waals surface area (Å²) in [5, 5.41) is 1.13. The Morgan fingerprint density at radius 3 is 2.00 bits per heavy atom. The van der Waals surface area contributed by atoms with Gasteiger partial charge in [0, 0.05) is 5.33 Å². The van der Waals surface area contributed by atoms with E-state index in [4.69, 9.17) is 0 Å². The minimum Gasteiger partial charge on any atom is -0.0928 e. The van der Waals surface area contributed by atoms with E-state index in [1.54, 1.807) is 0 Å². The van der Waals surface area contributed by atoms with Gasteiger partial charge in [-0.25, -0.2) is 0 Å². The number of halogens is 1. The fourth-order valence-electron chi connectivity index (χ4n) is 0. The lowest BCUT2D eigenvalue weighted by atomic mass is 11.6. The zero-order chi connectivity index (χ0) is 3.41. The Bertz CT molecular complexity index is 5.25. The Morgan fingerprint density at radius 2 is 2.00 bits per heavy atom. The summed E-state index contributed by atoms with van der Waals surface area (Å²) in [6.07, 6.45) is 1.24. The van der Waals surface area contributed by atoms with E-state index in [9.17, 15) is 0 Å². The monoisotopic (exact) mass is 125 g/mol. The van der Waals surface area contributed by atoms with Gasteiger partial charge in [-0.2, -0.15) is 0 Å². The third kappa shape index (κ3) is 2.48. The Labute approximate surface area is 35.3 Å². The van der Waals surface area contributed by atoms with Crippen LogP contribution in [0, 0.1) is 0 Å². The third-order valence-corrected chi connectivity index (χ3v) is 0.982. The molecule has 0 saturated heterocycles. The molecule has 1 heteroatoms. The molecule has 0 aromatic rings. The second kappa shape index (κ2) is 3.48. The summed E-state index contributed by atoms with van der Waals surface area (Å²) in [5.74, 6) is 0. The minimum atomic E-state index is 1.13. The van der Waals surface area contributed by atoms with E-state index in [1.165, 1.54) is 6.42 Å². The Balaban J connectivity index is 1.97. The Hall–Kier alpha value is 0.480. The highest BCUT2D eigenvalue weighted by molar-refractivity contribution is 9.09. The predicted octanol–water partition coefficient (Wildman–Crippen LogP) is 1.79. The molecule has 0 aliphatic carbocycles. The van der Waals surface area contributed by atoms with E-state index in [0.717, 1.165) is 5.33 Å². The summed E-state index contributed by atoms with van der Waals surface area (Å²) in [7, 11) is 0. The van der Waals surface area contributed by atoms with Crippen molar-refractivity contribution in [1.82, 2.24) is 0 Å². The molecule has 0 aliphatic rings. The summed E-state index contributed by atoms with van der Waals surface area (Å²) >= 11 is 3.25. The molecule has 0 aliphatic heterocycles. The fraction of sp³-hybridized carbons (Fsp3) is 1.00. The first kappa shape index (κ1) is 4.48. The van der Waals surface area contributed by atoms with E-state index in [0.29, 0.717) is 0 Å². The molecule has 0 nitrogen and oxygen atoms in total. The summed E-state index contributed by atoms with van der Waals surface area (Å²) < 4.78 is 0. The highest BCUT2D eigenvalue weighted by Gasteiger charge is 1.58. The fourth-order valence-corrected chi connectivity index (χ4v) is 0. The summed E-state index contributed by atoms with van der Waals surface area (Å²) in [4.78, 5) is 0. The first-order valence-electron chi connectivity index (χ1n) is 1.47. The van der Waals surface area contributed by atoms with Crippen LogP contribution in [0.5, 0.6) is 0 Å². The van der Waals surface area contributed by atoms with E-state index in [-0.39, 0.29) is 0 Å². The lowest BCUT2D eigenvalue weighted by molar-refractivity contribution is 1.12. The van der Waals surface area contributed by atoms with Gasteiger partial charge in [-0.15, -0.1) is 0 Å². The molecule has 0 fully saturated rings. The van der Waals surface area contributed by atoms with Crippen molar-refractivity contribution in [2.24, 2.45) is 0 Å². The summed E-state index contributed by atoms with van der Waals surface area (Å²) in [6, 6.07) is 0. The van der Waals surface area contributed by atoms with Crippen molar-refractivity contribution in [1.29, 1.82) is 0 Å². The molecule has 0 heterocycles. The standard InChI is InChI=1S/C3H7Br/c1-2-3-4/h2-3H2,1H3/i1+1,2+1,3+1. The van der Waals surface area contributed by atoms with Gasteiger partial charge >= 0.3 is 0 Å². The van der Waals surface area contributed by atoms with Crippen molar-refractivity contribution in [2.45, 2.75) is 13.3 Å². The Kier molecular flexibility index (Phi) is 3.90. The molecule has 0 aromatic heterocycles. The second-order valence-electron chi connectivity index (χ2n) is 0.689. The van der Waals surface area contributed by atoms with Crippen molar-refractivity contribution in [3.8, 4) is 0 Å². The topological polar surface area (TPSA) is 0 Å². The molecule has 0 bridgehead atoms. The molecule has 26 valence electrons. The van der Waals surface area contributed by atoms with Gasteiger partial charge in [-0.1, -0.05) is 22.9 Å². The van der Waals surface area contributed by atoms with Crippen LogP contribution in [-0.4, -0.2) is 5.33 Å². The van der Waals surface area contributed by atoms with Gasteiger partial charge in [0.15, 0.2) is 0 Å². The van der Waals surface area contributed by atoms with Gasteiger partial charge in [0.25, 0.3) is 0 Å². The highest BCUT2D eigenvalue weighted by atomic mass is 79.9. The SMILES string of the molecule is [13CH3][13CH2][13CH2]Br. The van der Waals surface area contributed by atoms with E-state index >= 15 is 0 Å². The molecular weight excluding hydrogens is 119 g/mol. The number of hydrogen-bond donors (Lipinski definition) is 0. The maximum absolute atomic E-state index is 3.25. The number of hydrogen-bond acceptors (Lipinski definition) is 0. The first-order valence-corrected chi connectivity index (χ1v) is 2.60. The van der Waals surface area contributed by atoms with Crippen LogP contribution in [0.4, 0.5) is 0 Å². The molecule has 0 N–H and O–H groups in total. The van der Waals surface area contributed by atoms with E-state index < -0.39 is 0 Å². The maximum atomic E-state index is 3.25. The number of rotatable bonds is 1. The van der Waals surface area contributed by atoms with Crippen LogP contribution in [0.25, 0.3) is 0 Å². The zero-order valence-electron chi connectivity index (χ0n) is 2.79. The molecule has 4 heavy (non-hydrogen) atoms. The average molecular weight is 126 g/mol. The van der Waals surface area contributed by atoms with Crippen LogP contribution >= 0.6 is 15.9 Å². The second-order valence-corrected chi connectivity index (χ2v) is 1.48. The summed E-state index contributed by atoms with van der Waals surface area (Å²) in [6.45, 7) is 2.13. The van der Waals surface area contributed by atoms with Crippen LogP contribution < -0.4 is 0 Å². The molecule has 0 amide bonds. The third-order valence-electron chi connectivity index (χ3n) is 0.189. The van der Waals surface area contributed by atoms with E-state index in [1.807, 2.05) is 0 Å². The van der Waals surface area contributed by atoms with Crippen molar-refractivity contribution in [2.75, 3.05) is 5.33 Å². The van der Waals surface area contributed by atoms with Crippen LogP contribution in [0.3, 0.4) is 0 Å². The highest BCUT2D eigenvalue weighted by Crippen LogP contribution is 1.80. The van der Waals surface area contributed by atoms with E-state index in [2.05, 4.69) is 22.9 Å². The van der Waals surface area contributed by atoms with Crippen LogP contribution in [0.2, 0.25) is 0 Å². The molecular formula is C3H7Br. The van der Waals surface area contributed by atoms with Crippen molar-refractivity contribution >= 4 is 15.9 Å². The zero-order valence-corrected chi connectivity index (χ0v) is 4.38. The average Bonchev–Trinajstić information content (AvgIpc) is 1.37. The summed E-state index contributed by atoms with van der Waals surface area (Å²) in [5.41, 5.74) is 0. The van der Waals surface area contributed by atoms with Gasteiger partial charge in [-0.3, -0.25) is 0 Å². The minimum absolute atomic E-state index is 1.13. The smallest absolute Gasteiger partial charge is 0.00286 e. The normalized spacial score (nSPS) is 7.50. The lowest BCUT2D eigenvalue weighted by Crippen LogP contribution is -1.54. The molecule has 0 spiro atoms. The van der Waals surface area contributed by atoms with Crippen LogP contribution in [0.15, 0.2) is 0 Å². The quantitative estimate of drug-likeness (QED) is 0.371. The molecule has 0 rings (SSSR count). The first-order chi connectivity index (χ1) is 1.91. The van der Waals surface area contributed by atoms with Gasteiger partial charge in [0.05, 0.1) is 0 Å². The van der Waals surface area contributed by atoms with Crippen molar-refractivity contribution in [3.63, 3.8) is 0 Å². The molecule has 0 saturated carbocycles. The van der Waals surface area contributed by atoms with Crippen molar-refractivity contribution in [3.05, 3.63) is 0 Å². The largest absolute Gasteiger partial charge is 0.0928 e. The molecule has 0 aromatic carbocycles. The molecule has 0 unspecified atom stereocenters. The Morgan fingerprint density at radius 1 is 1.75 bits per heavy atom. The lowest BCUT2D eigenvalue weighted by Gasteiger charge is -1.66. The maximum Gasteiger partial charge on any atom is 0.00286 e. The molecule has 0 atom stereocenters. The molecule has 0 radical (unpaired) electrons. The predicted molar refractivity (Wildman–Crippen MR) is 24.1 cm³/mol. The van der Waals surface area contributed by atoms with Gasteiger partial charge in [-0.05, 0) is 6.42 Å². The van der Waals surface area contributed by atoms with Gasteiger partial charge in [0.2, 0.25) is 0 Å². The van der Waals surface area contributed by atoms with Crippen LogP contribution in [-0.2, 0) is 0 Å². The van der Waals surface area contributed by atoms with Crippen molar-refractivity contribution < 1.29 is 0 Å².